The van der Waals surface area contributed by atoms with Crippen LogP contribution in [-0.2, 0) is 0 Å². The molecule has 0 aliphatic carbocycles. The predicted octanol–water partition coefficient (Wildman–Crippen LogP) is 4.14. The molecule has 0 saturated heterocycles. The van der Waals surface area contributed by atoms with Crippen LogP contribution >= 0.6 is 0 Å². The van der Waals surface area contributed by atoms with Gasteiger partial charge in [0, 0.05) is 23.5 Å². The number of hydrogen-bond acceptors (Lipinski definition) is 3. The molecule has 0 fully saturated rings. The summed E-state index contributed by atoms with van der Waals surface area (Å²) in [5.74, 6) is -5.12. The first-order valence-corrected chi connectivity index (χ1v) is 7.82. The van der Waals surface area contributed by atoms with Gasteiger partial charge in [0.1, 0.15) is 34.7 Å². The third-order valence-electron chi connectivity index (χ3n) is 3.46. The molecule has 0 radical (unpaired) electrons. The maximum absolute atomic E-state index is 13.2. The summed E-state index contributed by atoms with van der Waals surface area (Å²) in [7, 11) is 0. The highest BCUT2D eigenvalue weighted by Crippen LogP contribution is 2.15. The molecule has 1 heterocycles. The molecule has 0 aliphatic rings. The smallest absolute Gasteiger partial charge is 0.274 e. The maximum Gasteiger partial charge on any atom is 0.274 e. The monoisotopic (exact) mass is 389 g/mol. The Labute approximate surface area is 156 Å². The summed E-state index contributed by atoms with van der Waals surface area (Å²) in [5, 5.41) is 4.52. The van der Waals surface area contributed by atoms with Crippen molar-refractivity contribution >= 4 is 23.2 Å². The van der Waals surface area contributed by atoms with E-state index in [4.69, 9.17) is 0 Å². The number of carbonyl (C=O) groups is 2. The zero-order valence-electron chi connectivity index (χ0n) is 14.0. The second kappa shape index (κ2) is 7.87. The van der Waals surface area contributed by atoms with E-state index in [1.165, 1.54) is 18.2 Å². The minimum Gasteiger partial charge on any atom is -0.320 e. The van der Waals surface area contributed by atoms with Crippen molar-refractivity contribution in [2.75, 3.05) is 10.6 Å². The fourth-order valence-electron chi connectivity index (χ4n) is 2.33. The zero-order chi connectivity index (χ0) is 20.3. The van der Waals surface area contributed by atoms with Crippen molar-refractivity contribution < 1.29 is 27.2 Å². The maximum atomic E-state index is 13.2. The Kier molecular flexibility index (Phi) is 5.35. The van der Waals surface area contributed by atoms with Gasteiger partial charge in [0.15, 0.2) is 0 Å². The highest BCUT2D eigenvalue weighted by Gasteiger charge is 2.14. The van der Waals surface area contributed by atoms with Crippen LogP contribution in [0.25, 0.3) is 0 Å². The number of halogens is 4. The molecule has 28 heavy (non-hydrogen) atoms. The van der Waals surface area contributed by atoms with Crippen LogP contribution in [0.15, 0.2) is 54.6 Å². The van der Waals surface area contributed by atoms with E-state index in [-0.39, 0.29) is 22.8 Å². The van der Waals surface area contributed by atoms with Crippen molar-refractivity contribution in [1.82, 2.24) is 4.98 Å². The fraction of sp³-hybridized carbons (Fsp3) is 0. The van der Waals surface area contributed by atoms with Gasteiger partial charge in [-0.25, -0.2) is 22.5 Å². The van der Waals surface area contributed by atoms with E-state index in [2.05, 4.69) is 15.6 Å². The van der Waals surface area contributed by atoms with Crippen LogP contribution in [0.5, 0.6) is 0 Å². The van der Waals surface area contributed by atoms with E-state index in [1.54, 1.807) is 0 Å². The Morgan fingerprint density at radius 2 is 1.00 bits per heavy atom. The molecule has 0 spiro atoms. The Hall–Kier alpha value is -3.75. The highest BCUT2D eigenvalue weighted by molar-refractivity contribution is 6.06. The summed E-state index contributed by atoms with van der Waals surface area (Å²) >= 11 is 0. The van der Waals surface area contributed by atoms with Crippen LogP contribution in [0.2, 0.25) is 0 Å². The molecule has 3 rings (SSSR count). The average Bonchev–Trinajstić information content (AvgIpc) is 2.60. The molecule has 142 valence electrons. The topological polar surface area (TPSA) is 71.1 Å². The number of amides is 2. The third kappa shape index (κ3) is 4.70. The third-order valence-corrected chi connectivity index (χ3v) is 3.46. The summed E-state index contributed by atoms with van der Waals surface area (Å²) in [4.78, 5) is 28.3. The summed E-state index contributed by atoms with van der Waals surface area (Å²) < 4.78 is 52.8. The first-order chi connectivity index (χ1) is 13.3. The molecule has 3 aromatic rings. The number of anilines is 2. The number of rotatable bonds is 4. The summed E-state index contributed by atoms with van der Waals surface area (Å²) in [5.41, 5.74) is -0.672. The van der Waals surface area contributed by atoms with Gasteiger partial charge in [-0.05, 0) is 36.4 Å². The van der Waals surface area contributed by atoms with Gasteiger partial charge in [-0.2, -0.15) is 0 Å². The number of nitrogens with one attached hydrogen (secondary N) is 2. The minimum atomic E-state index is -0.876. The Morgan fingerprint density at radius 1 is 0.643 bits per heavy atom. The van der Waals surface area contributed by atoms with Crippen molar-refractivity contribution in [2.24, 2.45) is 0 Å². The Bertz CT molecular complexity index is 952. The Morgan fingerprint density at radius 3 is 1.36 bits per heavy atom. The van der Waals surface area contributed by atoms with Gasteiger partial charge in [-0.15, -0.1) is 0 Å². The minimum absolute atomic E-state index is 0.130. The molecule has 1 aromatic heterocycles. The van der Waals surface area contributed by atoms with Crippen molar-refractivity contribution in [1.29, 1.82) is 0 Å². The molecule has 0 unspecified atom stereocenters. The summed E-state index contributed by atoms with van der Waals surface area (Å²) in [6.45, 7) is 0. The number of hydrogen-bond donors (Lipinski definition) is 2. The second-order valence-corrected chi connectivity index (χ2v) is 5.63. The summed E-state index contributed by atoms with van der Waals surface area (Å²) in [6.07, 6.45) is 0. The van der Waals surface area contributed by atoms with Crippen molar-refractivity contribution in [3.63, 3.8) is 0 Å². The molecule has 0 atom stereocenters. The molecular formula is C19H11F4N3O2. The number of pyridine rings is 1. The van der Waals surface area contributed by atoms with Crippen LogP contribution in [0.3, 0.4) is 0 Å². The van der Waals surface area contributed by atoms with Crippen LogP contribution in [0, 0.1) is 23.3 Å². The fourth-order valence-corrected chi connectivity index (χ4v) is 2.33. The van der Waals surface area contributed by atoms with Crippen LogP contribution in [0.4, 0.5) is 28.9 Å². The number of nitrogens with zero attached hydrogens (tertiary/aromatic N) is 1. The van der Waals surface area contributed by atoms with Gasteiger partial charge in [0.25, 0.3) is 11.8 Å². The van der Waals surface area contributed by atoms with Crippen LogP contribution < -0.4 is 10.6 Å². The molecular weight excluding hydrogens is 378 g/mol. The molecule has 0 saturated carbocycles. The lowest BCUT2D eigenvalue weighted by atomic mass is 10.2. The lowest BCUT2D eigenvalue weighted by Crippen LogP contribution is -2.18. The molecule has 0 bridgehead atoms. The normalized spacial score (nSPS) is 10.4. The predicted molar refractivity (Wildman–Crippen MR) is 92.9 cm³/mol. The molecule has 2 amide bonds. The van der Waals surface area contributed by atoms with Gasteiger partial charge in [0.2, 0.25) is 0 Å². The first-order valence-electron chi connectivity index (χ1n) is 7.82. The van der Waals surface area contributed by atoms with E-state index >= 15 is 0 Å². The van der Waals surface area contributed by atoms with Gasteiger partial charge < -0.3 is 10.6 Å². The van der Waals surface area contributed by atoms with Gasteiger partial charge >= 0.3 is 0 Å². The standard InChI is InChI=1S/C19H11F4N3O2/c20-10-4-11(21)7-14(6-10)24-18(27)16-2-1-3-17(26-16)19(28)25-15-8-12(22)5-13(23)9-15/h1-9H,(H,24,27)(H,25,28). The van der Waals surface area contributed by atoms with E-state index < -0.39 is 35.1 Å². The largest absolute Gasteiger partial charge is 0.320 e. The zero-order valence-corrected chi connectivity index (χ0v) is 14.0. The molecule has 9 heteroatoms. The SMILES string of the molecule is O=C(Nc1cc(F)cc(F)c1)c1cccc(C(=O)Nc2cc(F)cc(F)c2)n1. The molecule has 0 aliphatic heterocycles. The number of aromatic nitrogens is 1. The lowest BCUT2D eigenvalue weighted by Gasteiger charge is -2.08. The quantitative estimate of drug-likeness (QED) is 0.659. The lowest BCUT2D eigenvalue weighted by molar-refractivity contribution is 0.101. The molecule has 5 nitrogen and oxygen atoms in total. The summed E-state index contributed by atoms with van der Waals surface area (Å²) in [6, 6.07) is 8.86. The molecule has 2 aromatic carbocycles. The first kappa shape index (κ1) is 19.0. The van der Waals surface area contributed by atoms with E-state index in [9.17, 15) is 27.2 Å². The van der Waals surface area contributed by atoms with Gasteiger partial charge in [-0.3, -0.25) is 9.59 Å². The van der Waals surface area contributed by atoms with Gasteiger partial charge in [0.05, 0.1) is 0 Å². The van der Waals surface area contributed by atoms with Crippen molar-refractivity contribution in [3.8, 4) is 0 Å². The van der Waals surface area contributed by atoms with Crippen LogP contribution in [-0.4, -0.2) is 16.8 Å². The number of carbonyl (C=O) groups excluding carboxylic acids is 2. The molecule has 2 N–H and O–H groups in total. The van der Waals surface area contributed by atoms with Crippen molar-refractivity contribution in [2.45, 2.75) is 0 Å². The van der Waals surface area contributed by atoms with E-state index in [1.807, 2.05) is 0 Å². The number of benzene rings is 2. The second-order valence-electron chi connectivity index (χ2n) is 5.63. The van der Waals surface area contributed by atoms with Crippen molar-refractivity contribution in [3.05, 3.63) is 89.3 Å². The van der Waals surface area contributed by atoms with Gasteiger partial charge in [-0.1, -0.05) is 6.07 Å². The van der Waals surface area contributed by atoms with E-state index in [0.29, 0.717) is 12.1 Å². The average molecular weight is 389 g/mol. The van der Waals surface area contributed by atoms with Crippen LogP contribution in [0.1, 0.15) is 21.0 Å². The van der Waals surface area contributed by atoms with E-state index in [0.717, 1.165) is 24.3 Å². The highest BCUT2D eigenvalue weighted by atomic mass is 19.1. The Balaban J connectivity index is 1.77.